The number of H-pyrrole nitrogens is 1. The molecule has 0 aliphatic heterocycles. The van der Waals surface area contributed by atoms with Crippen molar-refractivity contribution in [2.24, 2.45) is 0 Å². The number of rotatable bonds is 2. The minimum atomic E-state index is -0.479. The summed E-state index contributed by atoms with van der Waals surface area (Å²) in [6.45, 7) is 3.75. The van der Waals surface area contributed by atoms with Gasteiger partial charge in [0.25, 0.3) is 0 Å². The van der Waals surface area contributed by atoms with Crippen molar-refractivity contribution in [3.63, 3.8) is 0 Å². The van der Waals surface area contributed by atoms with Gasteiger partial charge < -0.3 is 10.3 Å². The number of aromatic nitrogens is 1. The molecule has 1 aliphatic carbocycles. The Morgan fingerprint density at radius 1 is 0.885 bits per heavy atom. The highest BCUT2D eigenvalue weighted by Gasteiger charge is 2.30. The lowest BCUT2D eigenvalue weighted by atomic mass is 9.94. The molecule has 0 spiro atoms. The predicted octanol–water partition coefficient (Wildman–Crippen LogP) is 3.52. The van der Waals surface area contributed by atoms with Gasteiger partial charge in [0, 0.05) is 17.1 Å². The molecule has 26 heavy (non-hydrogen) atoms. The highest BCUT2D eigenvalue weighted by Crippen LogP contribution is 2.24. The number of hydrogen-bond donors (Lipinski definition) is 2. The second-order valence-electron chi connectivity index (χ2n) is 6.39. The summed E-state index contributed by atoms with van der Waals surface area (Å²) in [6, 6.07) is 12.7. The standard InChI is InChI=1S/C21H16N2O3/c1-11-6-3-4-9-14(11)22-15-10-16(24)19-17(21(15)26)20(25)13-8-5-7-12(2)18(13)23-19/h3-10,22H,1-2H3,(H,23,25). The quantitative estimate of drug-likeness (QED) is 0.745. The van der Waals surface area contributed by atoms with Gasteiger partial charge in [-0.25, -0.2) is 0 Å². The van der Waals surface area contributed by atoms with Crippen LogP contribution in [-0.2, 0) is 0 Å². The molecule has 0 radical (unpaired) electrons. The van der Waals surface area contributed by atoms with Crippen LogP contribution in [0.1, 0.15) is 32.0 Å². The molecule has 0 fully saturated rings. The second kappa shape index (κ2) is 5.81. The van der Waals surface area contributed by atoms with Crippen LogP contribution in [0.5, 0.6) is 0 Å². The highest BCUT2D eigenvalue weighted by molar-refractivity contribution is 6.25. The molecule has 0 atom stereocenters. The number of benzene rings is 2. The summed E-state index contributed by atoms with van der Waals surface area (Å²) >= 11 is 0. The first-order valence-electron chi connectivity index (χ1n) is 8.26. The number of aromatic amines is 1. The van der Waals surface area contributed by atoms with Crippen LogP contribution in [0, 0.1) is 13.8 Å². The molecule has 0 bridgehead atoms. The Bertz CT molecular complexity index is 1190. The van der Waals surface area contributed by atoms with Crippen LogP contribution in [0.3, 0.4) is 0 Å². The number of para-hydroxylation sites is 2. The van der Waals surface area contributed by atoms with Crippen molar-refractivity contribution < 1.29 is 9.59 Å². The molecule has 2 N–H and O–H groups in total. The molecule has 5 nitrogen and oxygen atoms in total. The number of allylic oxidation sites excluding steroid dienone is 2. The Balaban J connectivity index is 1.88. The zero-order valence-corrected chi connectivity index (χ0v) is 14.3. The van der Waals surface area contributed by atoms with Crippen molar-refractivity contribution >= 4 is 28.2 Å². The molecular formula is C21H16N2O3. The molecule has 3 aromatic rings. The predicted molar refractivity (Wildman–Crippen MR) is 101 cm³/mol. The molecule has 1 heterocycles. The Kier molecular flexibility index (Phi) is 3.58. The third-order valence-corrected chi connectivity index (χ3v) is 4.65. The monoisotopic (exact) mass is 344 g/mol. The molecule has 2 aromatic carbocycles. The van der Waals surface area contributed by atoms with Gasteiger partial charge in [-0.1, -0.05) is 30.3 Å². The van der Waals surface area contributed by atoms with Crippen molar-refractivity contribution in [3.8, 4) is 0 Å². The Morgan fingerprint density at radius 2 is 1.62 bits per heavy atom. The molecule has 128 valence electrons. The maximum Gasteiger partial charge on any atom is 0.215 e. The van der Waals surface area contributed by atoms with Gasteiger partial charge in [0.15, 0.2) is 0 Å². The van der Waals surface area contributed by atoms with E-state index in [1.807, 2.05) is 44.2 Å². The number of carbonyl (C=O) groups excluding carboxylic acids is 2. The largest absolute Gasteiger partial charge is 0.352 e. The molecule has 1 aliphatic rings. The molecular weight excluding hydrogens is 328 g/mol. The van der Waals surface area contributed by atoms with Crippen molar-refractivity contribution in [1.29, 1.82) is 0 Å². The van der Waals surface area contributed by atoms with E-state index in [-0.39, 0.29) is 17.0 Å². The molecule has 4 rings (SSSR count). The highest BCUT2D eigenvalue weighted by atomic mass is 16.1. The number of aryl methyl sites for hydroxylation is 2. The average Bonchev–Trinajstić information content (AvgIpc) is 2.62. The van der Waals surface area contributed by atoms with Crippen LogP contribution in [0.15, 0.2) is 59.0 Å². The van der Waals surface area contributed by atoms with Gasteiger partial charge in [-0.15, -0.1) is 0 Å². The fourth-order valence-corrected chi connectivity index (χ4v) is 3.21. The fourth-order valence-electron chi connectivity index (χ4n) is 3.21. The minimum Gasteiger partial charge on any atom is -0.352 e. The van der Waals surface area contributed by atoms with E-state index in [0.29, 0.717) is 10.9 Å². The lowest BCUT2D eigenvalue weighted by molar-refractivity contribution is 0.0981. The summed E-state index contributed by atoms with van der Waals surface area (Å²) in [5, 5.41) is 3.40. The van der Waals surface area contributed by atoms with Crippen LogP contribution in [0.4, 0.5) is 5.69 Å². The van der Waals surface area contributed by atoms with E-state index in [9.17, 15) is 14.4 Å². The van der Waals surface area contributed by atoms with Crippen molar-refractivity contribution in [2.75, 3.05) is 5.32 Å². The van der Waals surface area contributed by atoms with Gasteiger partial charge >= 0.3 is 0 Å². The second-order valence-corrected chi connectivity index (χ2v) is 6.39. The normalized spacial score (nSPS) is 13.5. The van der Waals surface area contributed by atoms with E-state index in [1.54, 1.807) is 12.1 Å². The smallest absolute Gasteiger partial charge is 0.215 e. The van der Waals surface area contributed by atoms with Crippen molar-refractivity contribution in [2.45, 2.75) is 13.8 Å². The number of ketones is 2. The van der Waals surface area contributed by atoms with Crippen LogP contribution in [0.2, 0.25) is 0 Å². The molecule has 0 saturated heterocycles. The maximum atomic E-state index is 12.9. The van der Waals surface area contributed by atoms with E-state index in [4.69, 9.17) is 0 Å². The molecule has 0 unspecified atom stereocenters. The first-order valence-corrected chi connectivity index (χ1v) is 8.26. The van der Waals surface area contributed by atoms with Crippen LogP contribution in [0.25, 0.3) is 10.9 Å². The van der Waals surface area contributed by atoms with Crippen LogP contribution >= 0.6 is 0 Å². The zero-order chi connectivity index (χ0) is 18.4. The van der Waals surface area contributed by atoms with Gasteiger partial charge in [0.05, 0.1) is 16.8 Å². The lowest BCUT2D eigenvalue weighted by Gasteiger charge is -2.18. The molecule has 1 aromatic heterocycles. The summed E-state index contributed by atoms with van der Waals surface area (Å²) < 4.78 is 0. The SMILES string of the molecule is Cc1ccccc1NC1=CC(=O)c2[nH]c3c(C)cccc3c(=O)c2C1=O. The number of Topliss-reactive ketones (excluding diaryl/α,β-unsaturated/α-hetero) is 1. The van der Waals surface area contributed by atoms with E-state index in [2.05, 4.69) is 10.3 Å². The summed E-state index contributed by atoms with van der Waals surface area (Å²) in [5.74, 6) is -0.870. The van der Waals surface area contributed by atoms with Gasteiger partial charge in [0.2, 0.25) is 17.0 Å². The van der Waals surface area contributed by atoms with Crippen LogP contribution in [-0.4, -0.2) is 16.6 Å². The molecule has 0 amide bonds. The summed E-state index contributed by atoms with van der Waals surface area (Å²) in [7, 11) is 0. The van der Waals surface area contributed by atoms with Gasteiger partial charge in [-0.3, -0.25) is 14.4 Å². The Labute approximate surface area is 149 Å². The minimum absolute atomic E-state index is 0.0529. The summed E-state index contributed by atoms with van der Waals surface area (Å²) in [6.07, 6.45) is 1.25. The van der Waals surface area contributed by atoms with E-state index in [1.165, 1.54) is 6.08 Å². The van der Waals surface area contributed by atoms with E-state index >= 15 is 0 Å². The topological polar surface area (TPSA) is 79.0 Å². The maximum absolute atomic E-state index is 12.9. The lowest BCUT2D eigenvalue weighted by Crippen LogP contribution is -2.30. The zero-order valence-electron chi connectivity index (χ0n) is 14.3. The third-order valence-electron chi connectivity index (χ3n) is 4.65. The van der Waals surface area contributed by atoms with Gasteiger partial charge in [-0.2, -0.15) is 0 Å². The van der Waals surface area contributed by atoms with Crippen LogP contribution < -0.4 is 10.7 Å². The Morgan fingerprint density at radius 3 is 2.38 bits per heavy atom. The van der Waals surface area contributed by atoms with Crippen molar-refractivity contribution in [3.05, 3.63) is 86.8 Å². The van der Waals surface area contributed by atoms with Crippen molar-refractivity contribution in [1.82, 2.24) is 4.98 Å². The first-order chi connectivity index (χ1) is 12.5. The summed E-state index contributed by atoms with van der Waals surface area (Å²) in [4.78, 5) is 41.4. The fraction of sp³-hybridized carbons (Fsp3) is 0.0952. The number of fused-ring (bicyclic) bond motifs is 2. The summed E-state index contributed by atoms with van der Waals surface area (Å²) in [5.41, 5.74) is 2.71. The van der Waals surface area contributed by atoms with E-state index in [0.717, 1.165) is 16.8 Å². The number of nitrogens with one attached hydrogen (secondary N) is 2. The molecule has 5 heteroatoms. The first kappa shape index (κ1) is 16.0. The third kappa shape index (κ3) is 2.37. The van der Waals surface area contributed by atoms with Gasteiger partial charge in [-0.05, 0) is 37.1 Å². The molecule has 0 saturated carbocycles. The number of carbonyl (C=O) groups is 2. The Hall–Kier alpha value is -3.47. The average molecular weight is 344 g/mol. The van der Waals surface area contributed by atoms with Gasteiger partial charge in [0.1, 0.15) is 5.69 Å². The number of hydrogen-bond acceptors (Lipinski definition) is 4. The number of anilines is 1. The van der Waals surface area contributed by atoms with E-state index < -0.39 is 17.0 Å². The number of pyridine rings is 1.